The van der Waals surface area contributed by atoms with Crippen molar-refractivity contribution in [2.75, 3.05) is 36.0 Å². The molecular formula is C63H63N11O5. The van der Waals surface area contributed by atoms with Gasteiger partial charge < -0.3 is 30.9 Å². The number of amides is 3. The summed E-state index contributed by atoms with van der Waals surface area (Å²) in [6, 6.07) is 28.3. The van der Waals surface area contributed by atoms with E-state index in [9.17, 15) is 19.2 Å². The number of hydrogen-bond acceptors (Lipinski definition) is 12. The molecule has 0 unspecified atom stereocenters. The molecule has 4 aliphatic heterocycles. The average molecular weight is 1050 g/mol. The SMILES string of the molecule is CC1(CC(=O)O)CC1.NC1(CC(=O)N2CCC3(CC2)C(=O)N(Cc2ncc4ccccc4c2-c2cccnc2)c2cnccc23)CC1.O=C1N(Cc2ncc3ccccc3c2-c2cccnc2)c2cnccc2C12CCNCC2. The fourth-order valence-corrected chi connectivity index (χ4v) is 12.4. The molecule has 2 saturated heterocycles. The van der Waals surface area contributed by atoms with Crippen molar-refractivity contribution in [1.29, 1.82) is 0 Å². The van der Waals surface area contributed by atoms with Crippen LogP contribution >= 0.6 is 0 Å². The lowest BCUT2D eigenvalue weighted by Crippen LogP contribution is -2.50. The number of hydrogen-bond donors (Lipinski definition) is 3. The molecule has 2 aromatic carbocycles. The fraction of sp³-hybridized carbons (Fsp3) is 0.333. The minimum atomic E-state index is -0.666. The number of fused-ring (bicyclic) bond motifs is 6. The molecule has 6 aliphatic rings. The van der Waals surface area contributed by atoms with Crippen LogP contribution in [0, 0.1) is 5.41 Å². The molecule has 3 amide bonds. The number of carboxylic acid groups (broad SMARTS) is 1. The summed E-state index contributed by atoms with van der Waals surface area (Å²) in [7, 11) is 0. The minimum absolute atomic E-state index is 0.0576. The largest absolute Gasteiger partial charge is 0.481 e. The minimum Gasteiger partial charge on any atom is -0.481 e. The highest BCUT2D eigenvalue weighted by Crippen LogP contribution is 2.51. The molecule has 0 radical (unpaired) electrons. The summed E-state index contributed by atoms with van der Waals surface area (Å²) in [6.07, 6.45) is 25.7. The van der Waals surface area contributed by atoms with Gasteiger partial charge in [-0.05, 0) is 116 Å². The molecule has 0 bridgehead atoms. The number of carbonyl (C=O) groups is 4. The second-order valence-corrected chi connectivity index (χ2v) is 22.6. The van der Waals surface area contributed by atoms with Gasteiger partial charge in [0, 0.05) is 108 Å². The Bertz CT molecular complexity index is 3630. The predicted molar refractivity (Wildman–Crippen MR) is 302 cm³/mol. The summed E-state index contributed by atoms with van der Waals surface area (Å²) >= 11 is 0. The number of piperidine rings is 2. The van der Waals surface area contributed by atoms with Gasteiger partial charge in [0.15, 0.2) is 0 Å². The smallest absolute Gasteiger partial charge is 0.303 e. The van der Waals surface area contributed by atoms with E-state index >= 15 is 0 Å². The molecule has 2 spiro atoms. The number of carbonyl (C=O) groups excluding carboxylic acids is 3. The standard InChI is InChI=1S/C31H30N6O2.C26H23N5O.C6H10O2/c32-30(8-9-30)16-27(38)36-14-10-31(11-15-36)24-7-13-34-19-26(24)37(29(31)39)20-25-28(22-5-3-12-33-17-22)23-6-2-1-4-21(23)18-35-25;32-25-26(8-12-27-13-9-26)21-7-11-29-16-23(21)31(25)17-22-24(19-5-3-10-28-14-19)20-6-2-1-4-18(20)15-30-22;1-6(2-3-6)4-5(7)8/h1-7,12-13,17-19H,8-11,14-16,20,32H2;1-7,10-11,14-16,27H,8-9,12-13,17H2;2-4H2,1H3,(H,7,8). The lowest BCUT2D eigenvalue weighted by Gasteiger charge is -2.39. The van der Waals surface area contributed by atoms with Gasteiger partial charge in [-0.15, -0.1) is 0 Å². The highest BCUT2D eigenvalue weighted by molar-refractivity contribution is 6.10. The number of nitrogens with two attached hydrogens (primary N) is 1. The van der Waals surface area contributed by atoms with Gasteiger partial charge in [0.2, 0.25) is 17.7 Å². The Balaban J connectivity index is 0.000000140. The summed E-state index contributed by atoms with van der Waals surface area (Å²) in [5.74, 6) is -0.343. The molecule has 4 fully saturated rings. The average Bonchev–Trinajstić information content (AvgIpc) is 4.58. The number of nitrogens with zero attached hydrogens (tertiary/aromatic N) is 9. The number of aromatic nitrogens is 6. The normalized spacial score (nSPS) is 18.6. The molecule has 8 aromatic rings. The van der Waals surface area contributed by atoms with Crippen molar-refractivity contribution >= 4 is 56.6 Å². The van der Waals surface area contributed by atoms with Crippen molar-refractivity contribution in [3.8, 4) is 22.3 Å². The van der Waals surface area contributed by atoms with Crippen LogP contribution in [0.2, 0.25) is 0 Å². The maximum absolute atomic E-state index is 14.3. The summed E-state index contributed by atoms with van der Waals surface area (Å²) in [6.45, 7) is 5.53. The third kappa shape index (κ3) is 9.88. The van der Waals surface area contributed by atoms with Crippen LogP contribution < -0.4 is 20.9 Å². The first-order valence-corrected chi connectivity index (χ1v) is 27.4. The summed E-state index contributed by atoms with van der Waals surface area (Å²) < 4.78 is 0. The van der Waals surface area contributed by atoms with Crippen molar-refractivity contribution in [3.63, 3.8) is 0 Å². The van der Waals surface area contributed by atoms with E-state index in [-0.39, 0.29) is 28.7 Å². The fourth-order valence-electron chi connectivity index (χ4n) is 12.4. The number of benzene rings is 2. The van der Waals surface area contributed by atoms with Crippen molar-refractivity contribution in [2.45, 2.75) is 101 Å². The molecule has 16 heteroatoms. The van der Waals surface area contributed by atoms with Gasteiger partial charge in [0.1, 0.15) is 0 Å². The summed E-state index contributed by atoms with van der Waals surface area (Å²) in [5, 5.41) is 16.0. The van der Waals surface area contributed by atoms with Gasteiger partial charge in [-0.1, -0.05) is 67.6 Å². The first-order chi connectivity index (χ1) is 38.4. The number of anilines is 2. The highest BCUT2D eigenvalue weighted by Gasteiger charge is 2.54. The molecular weight excluding hydrogens is 991 g/mol. The van der Waals surface area contributed by atoms with Gasteiger partial charge in [-0.25, -0.2) is 0 Å². The second-order valence-electron chi connectivity index (χ2n) is 22.6. The monoisotopic (exact) mass is 1050 g/mol. The summed E-state index contributed by atoms with van der Waals surface area (Å²) in [5.41, 5.74) is 14.4. The third-order valence-electron chi connectivity index (χ3n) is 17.3. The Labute approximate surface area is 458 Å². The lowest BCUT2D eigenvalue weighted by molar-refractivity contribution is -0.138. The van der Waals surface area contributed by atoms with Gasteiger partial charge in [-0.3, -0.25) is 49.1 Å². The van der Waals surface area contributed by atoms with Gasteiger partial charge in [0.25, 0.3) is 0 Å². The van der Waals surface area contributed by atoms with Crippen LogP contribution in [0.5, 0.6) is 0 Å². The van der Waals surface area contributed by atoms with E-state index in [1.807, 2.05) is 113 Å². The molecule has 2 saturated carbocycles. The van der Waals surface area contributed by atoms with Crippen molar-refractivity contribution in [1.82, 2.24) is 40.1 Å². The first-order valence-electron chi connectivity index (χ1n) is 27.4. The number of aliphatic carboxylic acids is 1. The topological polar surface area (TPSA) is 214 Å². The molecule has 14 rings (SSSR count). The zero-order valence-electron chi connectivity index (χ0n) is 44.4. The molecule has 0 atom stereocenters. The number of likely N-dealkylation sites (tertiary alicyclic amines) is 1. The maximum Gasteiger partial charge on any atom is 0.303 e. The van der Waals surface area contributed by atoms with Crippen molar-refractivity contribution in [2.24, 2.45) is 11.1 Å². The molecule has 2 aliphatic carbocycles. The van der Waals surface area contributed by atoms with Crippen molar-refractivity contribution in [3.05, 3.63) is 169 Å². The molecule has 6 aromatic heterocycles. The van der Waals surface area contributed by atoms with Crippen LogP contribution in [-0.4, -0.2) is 95.3 Å². The van der Waals surface area contributed by atoms with E-state index < -0.39 is 16.8 Å². The Kier molecular flexibility index (Phi) is 13.5. The molecule has 4 N–H and O–H groups in total. The van der Waals surface area contributed by atoms with E-state index in [2.05, 4.69) is 49.5 Å². The molecule has 400 valence electrons. The van der Waals surface area contributed by atoms with Crippen LogP contribution in [0.1, 0.15) is 93.6 Å². The highest BCUT2D eigenvalue weighted by atomic mass is 16.4. The zero-order chi connectivity index (χ0) is 54.4. The van der Waals surface area contributed by atoms with E-state index in [1.165, 1.54) is 0 Å². The Morgan fingerprint density at radius 1 is 0.570 bits per heavy atom. The summed E-state index contributed by atoms with van der Waals surface area (Å²) in [4.78, 5) is 83.9. The van der Waals surface area contributed by atoms with Crippen molar-refractivity contribution < 1.29 is 24.3 Å². The van der Waals surface area contributed by atoms with Crippen LogP contribution in [0.25, 0.3) is 43.8 Å². The quantitative estimate of drug-likeness (QED) is 0.117. The van der Waals surface area contributed by atoms with E-state index in [4.69, 9.17) is 20.8 Å². The number of rotatable bonds is 10. The Hall–Kier alpha value is -8.34. The van der Waals surface area contributed by atoms with Gasteiger partial charge in [-0.2, -0.15) is 0 Å². The van der Waals surface area contributed by atoms with E-state index in [0.29, 0.717) is 51.9 Å². The molecule has 16 nitrogen and oxygen atoms in total. The van der Waals surface area contributed by atoms with E-state index in [0.717, 1.165) is 129 Å². The lowest BCUT2D eigenvalue weighted by atomic mass is 9.74. The van der Waals surface area contributed by atoms with Gasteiger partial charge in [0.05, 0.1) is 65.5 Å². The third-order valence-corrected chi connectivity index (χ3v) is 17.3. The van der Waals surface area contributed by atoms with E-state index in [1.54, 1.807) is 31.0 Å². The first kappa shape index (κ1) is 51.4. The van der Waals surface area contributed by atoms with Crippen LogP contribution in [0.4, 0.5) is 11.4 Å². The zero-order valence-corrected chi connectivity index (χ0v) is 44.4. The maximum atomic E-state index is 14.3. The Morgan fingerprint density at radius 2 is 1.05 bits per heavy atom. The van der Waals surface area contributed by atoms with Crippen LogP contribution in [0.3, 0.4) is 0 Å². The number of nitrogens with one attached hydrogen (secondary N) is 1. The second kappa shape index (κ2) is 20.8. The van der Waals surface area contributed by atoms with Crippen LogP contribution in [-0.2, 0) is 43.1 Å². The molecule has 10 heterocycles. The predicted octanol–water partition coefficient (Wildman–Crippen LogP) is 9.10. The number of carboxylic acids is 1. The Morgan fingerprint density at radius 3 is 1.49 bits per heavy atom. The number of pyridine rings is 6. The van der Waals surface area contributed by atoms with Gasteiger partial charge >= 0.3 is 5.97 Å². The molecule has 79 heavy (non-hydrogen) atoms. The van der Waals surface area contributed by atoms with Crippen LogP contribution in [0.15, 0.2) is 147 Å².